The van der Waals surface area contributed by atoms with Gasteiger partial charge in [-0.05, 0) is 51.4 Å². The van der Waals surface area contributed by atoms with E-state index >= 15 is 0 Å². The second-order valence-electron chi connectivity index (χ2n) is 24.2. The summed E-state index contributed by atoms with van der Waals surface area (Å²) >= 11 is 0. The van der Waals surface area contributed by atoms with Gasteiger partial charge in [0.25, 0.3) is 0 Å². The molecule has 0 bridgehead atoms. The van der Waals surface area contributed by atoms with Crippen molar-refractivity contribution in [3.63, 3.8) is 0 Å². The highest BCUT2D eigenvalue weighted by Crippen LogP contribution is 2.19. The Bertz CT molecular complexity index is 1260. The summed E-state index contributed by atoms with van der Waals surface area (Å²) in [4.78, 5) is 38.4. The number of carbonyl (C=O) groups excluding carboxylic acids is 3. The Morgan fingerprint density at radius 3 is 0.731 bits per heavy atom. The van der Waals surface area contributed by atoms with Gasteiger partial charge in [0.1, 0.15) is 13.2 Å². The van der Waals surface area contributed by atoms with Crippen molar-refractivity contribution >= 4 is 17.9 Å². The number of rotatable bonds is 66. The van der Waals surface area contributed by atoms with Crippen molar-refractivity contribution in [2.75, 3.05) is 13.2 Å². The summed E-state index contributed by atoms with van der Waals surface area (Å²) in [6.45, 7) is 6.69. The number of esters is 3. The van der Waals surface area contributed by atoms with Crippen LogP contribution in [0.3, 0.4) is 0 Å². The van der Waals surface area contributed by atoms with Crippen LogP contribution in [0.15, 0.2) is 24.3 Å². The minimum Gasteiger partial charge on any atom is -0.462 e. The number of hydrogen-bond donors (Lipinski definition) is 0. The summed E-state index contributed by atoms with van der Waals surface area (Å²) in [7, 11) is 0. The molecule has 0 radical (unpaired) electrons. The molecule has 0 fully saturated rings. The average molecular weight is 1100 g/mol. The van der Waals surface area contributed by atoms with Gasteiger partial charge in [0.15, 0.2) is 6.10 Å². The van der Waals surface area contributed by atoms with Gasteiger partial charge in [-0.15, -0.1) is 0 Å². The molecule has 0 saturated heterocycles. The van der Waals surface area contributed by atoms with Crippen LogP contribution in [0.4, 0.5) is 0 Å². The van der Waals surface area contributed by atoms with Crippen molar-refractivity contribution < 1.29 is 28.6 Å². The first-order chi connectivity index (χ1) is 38.5. The Labute approximate surface area is 487 Å². The fourth-order valence-corrected chi connectivity index (χ4v) is 10.9. The Kier molecular flexibility index (Phi) is 65.6. The fourth-order valence-electron chi connectivity index (χ4n) is 10.9. The lowest BCUT2D eigenvalue weighted by Gasteiger charge is -2.18. The number of unbranched alkanes of at least 4 members (excludes halogenated alkanes) is 51. The molecule has 0 aliphatic heterocycles. The van der Waals surface area contributed by atoms with E-state index in [4.69, 9.17) is 14.2 Å². The van der Waals surface area contributed by atoms with E-state index in [2.05, 4.69) is 45.1 Å². The molecule has 6 heteroatoms. The van der Waals surface area contributed by atoms with Gasteiger partial charge in [-0.25, -0.2) is 0 Å². The van der Waals surface area contributed by atoms with Crippen LogP contribution in [0.25, 0.3) is 0 Å². The van der Waals surface area contributed by atoms with Crippen molar-refractivity contribution in [1.29, 1.82) is 0 Å². The normalized spacial score (nSPS) is 12.1. The van der Waals surface area contributed by atoms with Crippen LogP contribution in [0.1, 0.15) is 400 Å². The molecule has 0 aromatic carbocycles. The van der Waals surface area contributed by atoms with Crippen molar-refractivity contribution in [3.8, 4) is 0 Å². The molecular formula is C72H136O6. The maximum Gasteiger partial charge on any atom is 0.306 e. The molecule has 0 N–H and O–H groups in total. The predicted octanol–water partition coefficient (Wildman–Crippen LogP) is 24.2. The van der Waals surface area contributed by atoms with Crippen LogP contribution >= 0.6 is 0 Å². The van der Waals surface area contributed by atoms with Gasteiger partial charge in [-0.1, -0.05) is 353 Å². The highest BCUT2D eigenvalue weighted by atomic mass is 16.6. The minimum atomic E-state index is -0.774. The summed E-state index contributed by atoms with van der Waals surface area (Å²) in [5, 5.41) is 0. The topological polar surface area (TPSA) is 78.9 Å². The van der Waals surface area contributed by atoms with E-state index in [1.807, 2.05) is 0 Å². The first-order valence-electron chi connectivity index (χ1n) is 35.3. The molecule has 78 heavy (non-hydrogen) atoms. The van der Waals surface area contributed by atoms with E-state index in [9.17, 15) is 14.4 Å². The molecule has 460 valence electrons. The van der Waals surface area contributed by atoms with Gasteiger partial charge in [-0.3, -0.25) is 14.4 Å². The zero-order valence-corrected chi connectivity index (χ0v) is 53.0. The molecule has 0 aromatic rings. The Morgan fingerprint density at radius 2 is 0.462 bits per heavy atom. The lowest BCUT2D eigenvalue weighted by atomic mass is 10.0. The molecule has 6 nitrogen and oxygen atoms in total. The molecule has 1 atom stereocenters. The molecule has 0 spiro atoms. The van der Waals surface area contributed by atoms with Gasteiger partial charge in [0.2, 0.25) is 0 Å². The number of hydrogen-bond acceptors (Lipinski definition) is 6. The summed E-state index contributed by atoms with van der Waals surface area (Å²) in [5.74, 6) is -0.850. The first-order valence-corrected chi connectivity index (χ1v) is 35.3. The number of allylic oxidation sites excluding steroid dienone is 4. The smallest absolute Gasteiger partial charge is 0.306 e. The minimum absolute atomic E-state index is 0.0692. The van der Waals surface area contributed by atoms with Gasteiger partial charge in [0.05, 0.1) is 0 Å². The molecule has 1 unspecified atom stereocenters. The third-order valence-electron chi connectivity index (χ3n) is 16.2. The van der Waals surface area contributed by atoms with Crippen LogP contribution in [-0.2, 0) is 28.6 Å². The zero-order chi connectivity index (χ0) is 56.4. The maximum atomic E-state index is 13.0. The lowest BCUT2D eigenvalue weighted by Crippen LogP contribution is -2.30. The molecule has 0 heterocycles. The second-order valence-corrected chi connectivity index (χ2v) is 24.2. The average Bonchev–Trinajstić information content (AvgIpc) is 3.44. The van der Waals surface area contributed by atoms with Crippen LogP contribution in [0, 0.1) is 0 Å². The van der Waals surface area contributed by atoms with Crippen molar-refractivity contribution in [2.24, 2.45) is 0 Å². The van der Waals surface area contributed by atoms with Crippen molar-refractivity contribution in [2.45, 2.75) is 406 Å². The lowest BCUT2D eigenvalue weighted by molar-refractivity contribution is -0.167. The van der Waals surface area contributed by atoms with E-state index in [1.165, 1.54) is 283 Å². The second kappa shape index (κ2) is 67.4. The van der Waals surface area contributed by atoms with Gasteiger partial charge >= 0.3 is 17.9 Å². The van der Waals surface area contributed by atoms with E-state index in [1.54, 1.807) is 0 Å². The van der Waals surface area contributed by atoms with E-state index in [-0.39, 0.29) is 31.1 Å². The Balaban J connectivity index is 4.26. The van der Waals surface area contributed by atoms with E-state index in [0.717, 1.165) is 77.0 Å². The standard InChI is InChI=1S/C72H136O6/c1-4-7-10-13-16-19-22-25-28-30-32-34-35-36-38-39-41-44-47-50-53-56-59-62-65-71(74)77-68-69(67-76-70(73)64-61-58-55-52-49-46-43-27-24-21-18-15-12-9-6-3)78-72(75)66-63-60-57-54-51-48-45-42-40-37-33-31-29-26-23-20-17-14-11-8-5-2/h18,21,27,43,69H,4-17,19-20,22-26,28-42,44-68H2,1-3H3/b21-18-,43-27-. The molecule has 0 aromatic heterocycles. The summed E-state index contributed by atoms with van der Waals surface area (Å²) in [6.07, 6.45) is 82.1. The summed E-state index contributed by atoms with van der Waals surface area (Å²) in [6, 6.07) is 0. The van der Waals surface area contributed by atoms with E-state index < -0.39 is 6.10 Å². The van der Waals surface area contributed by atoms with Gasteiger partial charge in [-0.2, -0.15) is 0 Å². The van der Waals surface area contributed by atoms with Crippen LogP contribution in [0.5, 0.6) is 0 Å². The van der Waals surface area contributed by atoms with Crippen LogP contribution in [-0.4, -0.2) is 37.2 Å². The number of ether oxygens (including phenoxy) is 3. The molecule has 0 aliphatic carbocycles. The summed E-state index contributed by atoms with van der Waals surface area (Å²) in [5.41, 5.74) is 0. The Morgan fingerprint density at radius 1 is 0.256 bits per heavy atom. The molecule has 0 amide bonds. The fraction of sp³-hybridized carbons (Fsp3) is 0.903. The first kappa shape index (κ1) is 75.9. The third kappa shape index (κ3) is 64.7. The Hall–Kier alpha value is -2.11. The predicted molar refractivity (Wildman–Crippen MR) is 340 cm³/mol. The monoisotopic (exact) mass is 1100 g/mol. The highest BCUT2D eigenvalue weighted by Gasteiger charge is 2.19. The quantitative estimate of drug-likeness (QED) is 0.0261. The van der Waals surface area contributed by atoms with E-state index in [0.29, 0.717) is 19.3 Å². The van der Waals surface area contributed by atoms with Crippen molar-refractivity contribution in [3.05, 3.63) is 24.3 Å². The van der Waals surface area contributed by atoms with Gasteiger partial charge in [0, 0.05) is 19.3 Å². The third-order valence-corrected chi connectivity index (χ3v) is 16.2. The van der Waals surface area contributed by atoms with Crippen molar-refractivity contribution in [1.82, 2.24) is 0 Å². The highest BCUT2D eigenvalue weighted by molar-refractivity contribution is 5.71. The molecular weight excluding hydrogens is 961 g/mol. The van der Waals surface area contributed by atoms with Crippen LogP contribution < -0.4 is 0 Å². The SMILES string of the molecule is CCCCC/C=C\C/C=C\CCCCCCCC(=O)OCC(COC(=O)CCCCCCCCCCCCCCCCCCCCCCCCCC)OC(=O)CCCCCCCCCCCCCCCCCCCCCCC. The maximum absolute atomic E-state index is 13.0. The molecule has 0 saturated carbocycles. The largest absolute Gasteiger partial charge is 0.462 e. The molecule has 0 aliphatic rings. The number of carbonyl (C=O) groups is 3. The van der Waals surface area contributed by atoms with Crippen LogP contribution in [0.2, 0.25) is 0 Å². The molecule has 0 rings (SSSR count). The zero-order valence-electron chi connectivity index (χ0n) is 53.0. The van der Waals surface area contributed by atoms with Gasteiger partial charge < -0.3 is 14.2 Å². The summed E-state index contributed by atoms with van der Waals surface area (Å²) < 4.78 is 17.0.